The molecule has 2 N–H and O–H groups in total. The Balaban J connectivity index is 1.71. The SMILES string of the molecule is Cc1cc(C)nc(NC(=O)C2NCC3CCCC32)n1. The number of rotatable bonds is 2. The second-order valence-corrected chi connectivity index (χ2v) is 5.70. The first-order valence-corrected chi connectivity index (χ1v) is 7.00. The average Bonchev–Trinajstić information content (AvgIpc) is 2.87. The molecule has 5 nitrogen and oxygen atoms in total. The van der Waals surface area contributed by atoms with E-state index in [0.717, 1.165) is 24.4 Å². The van der Waals surface area contributed by atoms with Gasteiger partial charge < -0.3 is 5.32 Å². The molecule has 5 heteroatoms. The molecule has 1 aromatic heterocycles. The number of anilines is 1. The molecule has 102 valence electrons. The number of fused-ring (bicyclic) bond motifs is 1. The van der Waals surface area contributed by atoms with Crippen LogP contribution in [0.2, 0.25) is 0 Å². The zero-order valence-corrected chi connectivity index (χ0v) is 11.4. The molecular weight excluding hydrogens is 240 g/mol. The van der Waals surface area contributed by atoms with Gasteiger partial charge >= 0.3 is 0 Å². The zero-order chi connectivity index (χ0) is 13.4. The Kier molecular flexibility index (Phi) is 3.22. The molecule has 1 amide bonds. The van der Waals surface area contributed by atoms with Crippen molar-refractivity contribution in [2.24, 2.45) is 11.8 Å². The van der Waals surface area contributed by atoms with Crippen LogP contribution >= 0.6 is 0 Å². The van der Waals surface area contributed by atoms with Crippen LogP contribution in [0.1, 0.15) is 30.7 Å². The lowest BCUT2D eigenvalue weighted by Crippen LogP contribution is -2.40. The second kappa shape index (κ2) is 4.89. The Bertz CT molecular complexity index is 482. The van der Waals surface area contributed by atoms with E-state index in [1.807, 2.05) is 19.9 Å². The first-order valence-electron chi connectivity index (χ1n) is 7.00. The molecule has 19 heavy (non-hydrogen) atoms. The summed E-state index contributed by atoms with van der Waals surface area (Å²) in [5.74, 6) is 1.60. The van der Waals surface area contributed by atoms with Gasteiger partial charge in [-0.05, 0) is 51.1 Å². The van der Waals surface area contributed by atoms with Gasteiger partial charge in [-0.1, -0.05) is 6.42 Å². The number of hydrogen-bond acceptors (Lipinski definition) is 4. The third-order valence-electron chi connectivity index (χ3n) is 4.25. The molecule has 2 heterocycles. The molecule has 1 aromatic rings. The number of aromatic nitrogens is 2. The summed E-state index contributed by atoms with van der Waals surface area (Å²) >= 11 is 0. The highest BCUT2D eigenvalue weighted by Gasteiger charge is 2.42. The Morgan fingerprint density at radius 1 is 1.32 bits per heavy atom. The third-order valence-corrected chi connectivity index (χ3v) is 4.25. The van der Waals surface area contributed by atoms with E-state index in [1.165, 1.54) is 12.8 Å². The molecule has 1 aliphatic heterocycles. The fourth-order valence-electron chi connectivity index (χ4n) is 3.44. The summed E-state index contributed by atoms with van der Waals surface area (Å²) in [4.78, 5) is 20.8. The van der Waals surface area contributed by atoms with Gasteiger partial charge in [0.2, 0.25) is 11.9 Å². The largest absolute Gasteiger partial charge is 0.305 e. The topological polar surface area (TPSA) is 66.9 Å². The van der Waals surface area contributed by atoms with Crippen molar-refractivity contribution in [1.82, 2.24) is 15.3 Å². The number of nitrogens with zero attached hydrogens (tertiary/aromatic N) is 2. The van der Waals surface area contributed by atoms with E-state index in [9.17, 15) is 4.79 Å². The summed E-state index contributed by atoms with van der Waals surface area (Å²) < 4.78 is 0. The highest BCUT2D eigenvalue weighted by atomic mass is 16.2. The van der Waals surface area contributed by atoms with Crippen LogP contribution < -0.4 is 10.6 Å². The van der Waals surface area contributed by atoms with E-state index in [4.69, 9.17) is 0 Å². The number of amides is 1. The van der Waals surface area contributed by atoms with Crippen molar-refractivity contribution in [2.45, 2.75) is 39.2 Å². The first kappa shape index (κ1) is 12.5. The minimum absolute atomic E-state index is 0.0133. The van der Waals surface area contributed by atoms with Crippen LogP contribution in [0.4, 0.5) is 5.95 Å². The number of aryl methyl sites for hydroxylation is 2. The van der Waals surface area contributed by atoms with Crippen molar-refractivity contribution in [1.29, 1.82) is 0 Å². The quantitative estimate of drug-likeness (QED) is 0.844. The standard InChI is InChI=1S/C14H20N4O/c1-8-6-9(2)17-14(16-8)18-13(19)12-11-5-3-4-10(11)7-15-12/h6,10-12,15H,3-5,7H2,1-2H3,(H,16,17,18,19). The maximum Gasteiger partial charge on any atom is 0.244 e. The lowest BCUT2D eigenvalue weighted by molar-refractivity contribution is -0.118. The summed E-state index contributed by atoms with van der Waals surface area (Å²) in [6.45, 7) is 4.78. The summed E-state index contributed by atoms with van der Waals surface area (Å²) in [5, 5.41) is 6.19. The lowest BCUT2D eigenvalue weighted by atomic mass is 9.94. The second-order valence-electron chi connectivity index (χ2n) is 5.70. The summed E-state index contributed by atoms with van der Waals surface area (Å²) in [7, 11) is 0. The van der Waals surface area contributed by atoms with Crippen molar-refractivity contribution >= 4 is 11.9 Å². The molecule has 0 bridgehead atoms. The molecule has 1 saturated carbocycles. The predicted octanol–water partition coefficient (Wildman–Crippen LogP) is 1.42. The molecule has 3 atom stereocenters. The smallest absolute Gasteiger partial charge is 0.244 e. The molecule has 3 unspecified atom stereocenters. The molecule has 1 saturated heterocycles. The molecular formula is C14H20N4O. The van der Waals surface area contributed by atoms with Gasteiger partial charge in [0, 0.05) is 11.4 Å². The van der Waals surface area contributed by atoms with Crippen molar-refractivity contribution in [3.63, 3.8) is 0 Å². The van der Waals surface area contributed by atoms with Crippen molar-refractivity contribution in [2.75, 3.05) is 11.9 Å². The van der Waals surface area contributed by atoms with Gasteiger partial charge in [-0.3, -0.25) is 10.1 Å². The number of hydrogen-bond donors (Lipinski definition) is 2. The lowest BCUT2D eigenvalue weighted by Gasteiger charge is -2.17. The average molecular weight is 260 g/mol. The van der Waals surface area contributed by atoms with Crippen LogP contribution in [0.5, 0.6) is 0 Å². The summed E-state index contributed by atoms with van der Waals surface area (Å²) in [6.07, 6.45) is 3.66. The molecule has 2 fully saturated rings. The van der Waals surface area contributed by atoms with Gasteiger partial charge in [0.25, 0.3) is 0 Å². The Labute approximate surface area is 113 Å². The molecule has 1 aliphatic carbocycles. The Morgan fingerprint density at radius 2 is 2.05 bits per heavy atom. The number of nitrogens with one attached hydrogen (secondary N) is 2. The predicted molar refractivity (Wildman–Crippen MR) is 72.8 cm³/mol. The molecule has 0 aromatic carbocycles. The van der Waals surface area contributed by atoms with Crippen LogP contribution in [0, 0.1) is 25.7 Å². The van der Waals surface area contributed by atoms with Gasteiger partial charge in [0.1, 0.15) is 0 Å². The van der Waals surface area contributed by atoms with Crippen LogP contribution in [0.25, 0.3) is 0 Å². The van der Waals surface area contributed by atoms with Crippen molar-refractivity contribution in [3.05, 3.63) is 17.5 Å². The minimum atomic E-state index is -0.0723. The normalized spacial score (nSPS) is 29.3. The zero-order valence-electron chi connectivity index (χ0n) is 11.4. The number of carbonyl (C=O) groups excluding carboxylic acids is 1. The van der Waals surface area contributed by atoms with Gasteiger partial charge in [0.05, 0.1) is 6.04 Å². The van der Waals surface area contributed by atoms with E-state index in [0.29, 0.717) is 17.8 Å². The Hall–Kier alpha value is -1.49. The third kappa shape index (κ3) is 2.47. The minimum Gasteiger partial charge on any atom is -0.305 e. The van der Waals surface area contributed by atoms with E-state index in [1.54, 1.807) is 0 Å². The molecule has 0 spiro atoms. The maximum absolute atomic E-state index is 12.3. The maximum atomic E-state index is 12.3. The highest BCUT2D eigenvalue weighted by molar-refractivity contribution is 5.94. The molecule has 2 aliphatic rings. The van der Waals surface area contributed by atoms with Crippen molar-refractivity contribution < 1.29 is 4.79 Å². The monoisotopic (exact) mass is 260 g/mol. The highest BCUT2D eigenvalue weighted by Crippen LogP contribution is 2.37. The molecule has 3 rings (SSSR count). The van der Waals surface area contributed by atoms with Crippen LogP contribution in [-0.2, 0) is 4.79 Å². The summed E-state index contributed by atoms with van der Waals surface area (Å²) in [5.41, 5.74) is 1.75. The van der Waals surface area contributed by atoms with Gasteiger partial charge in [-0.25, -0.2) is 9.97 Å². The van der Waals surface area contributed by atoms with Gasteiger partial charge in [0.15, 0.2) is 0 Å². The van der Waals surface area contributed by atoms with Crippen molar-refractivity contribution in [3.8, 4) is 0 Å². The van der Waals surface area contributed by atoms with E-state index in [2.05, 4.69) is 20.6 Å². The van der Waals surface area contributed by atoms with Crippen LogP contribution in [0.3, 0.4) is 0 Å². The fourth-order valence-corrected chi connectivity index (χ4v) is 3.44. The molecule has 0 radical (unpaired) electrons. The van der Waals surface area contributed by atoms with Gasteiger partial charge in [-0.15, -0.1) is 0 Å². The van der Waals surface area contributed by atoms with Crippen LogP contribution in [-0.4, -0.2) is 28.5 Å². The number of carbonyl (C=O) groups is 1. The van der Waals surface area contributed by atoms with E-state index >= 15 is 0 Å². The first-order chi connectivity index (χ1) is 9.13. The van der Waals surface area contributed by atoms with Gasteiger partial charge in [-0.2, -0.15) is 0 Å². The summed E-state index contributed by atoms with van der Waals surface area (Å²) in [6, 6.07) is 1.83. The fraction of sp³-hybridized carbons (Fsp3) is 0.643. The Morgan fingerprint density at radius 3 is 2.79 bits per heavy atom. The van der Waals surface area contributed by atoms with E-state index in [-0.39, 0.29) is 11.9 Å². The van der Waals surface area contributed by atoms with Crippen LogP contribution in [0.15, 0.2) is 6.07 Å². The van der Waals surface area contributed by atoms with E-state index < -0.39 is 0 Å².